The number of ether oxygens (including phenoxy) is 1. The minimum absolute atomic E-state index is 0.0477. The Hall–Kier alpha value is -0.980. The minimum Gasteiger partial charge on any atom is -0.385 e. The van der Waals surface area contributed by atoms with E-state index in [0.717, 1.165) is 25.1 Å². The Balaban J connectivity index is 2.67. The maximum absolute atomic E-state index is 5.50. The molecule has 0 aliphatic rings. The van der Waals surface area contributed by atoms with Crippen molar-refractivity contribution in [1.29, 1.82) is 0 Å². The Morgan fingerprint density at radius 3 is 3.07 bits per heavy atom. The van der Waals surface area contributed by atoms with Crippen molar-refractivity contribution in [2.45, 2.75) is 32.4 Å². The SMILES string of the molecule is CCCn1nncc1C(CCOC)NN. The van der Waals surface area contributed by atoms with E-state index in [0.29, 0.717) is 6.61 Å². The van der Waals surface area contributed by atoms with Gasteiger partial charge in [-0.1, -0.05) is 12.1 Å². The molecule has 0 aliphatic carbocycles. The summed E-state index contributed by atoms with van der Waals surface area (Å²) in [6, 6.07) is 0.0477. The van der Waals surface area contributed by atoms with Gasteiger partial charge in [0.15, 0.2) is 0 Å². The molecule has 0 saturated carbocycles. The van der Waals surface area contributed by atoms with Gasteiger partial charge in [-0.3, -0.25) is 11.3 Å². The molecule has 1 aromatic heterocycles. The van der Waals surface area contributed by atoms with E-state index in [2.05, 4.69) is 22.7 Å². The van der Waals surface area contributed by atoms with Crippen LogP contribution >= 0.6 is 0 Å². The molecule has 1 aromatic rings. The molecule has 0 fully saturated rings. The highest BCUT2D eigenvalue weighted by atomic mass is 16.5. The van der Waals surface area contributed by atoms with Crippen LogP contribution in [0, 0.1) is 0 Å². The van der Waals surface area contributed by atoms with Crippen LogP contribution in [0.1, 0.15) is 31.5 Å². The van der Waals surface area contributed by atoms with Crippen LogP contribution in [0.15, 0.2) is 6.20 Å². The maximum atomic E-state index is 5.50. The predicted molar refractivity (Wildman–Crippen MR) is 56.9 cm³/mol. The van der Waals surface area contributed by atoms with E-state index in [-0.39, 0.29) is 6.04 Å². The minimum atomic E-state index is 0.0477. The molecular formula is C9H19N5O. The lowest BCUT2D eigenvalue weighted by Crippen LogP contribution is -2.30. The number of nitrogens with one attached hydrogen (secondary N) is 1. The maximum Gasteiger partial charge on any atom is 0.0770 e. The van der Waals surface area contributed by atoms with Crippen molar-refractivity contribution in [2.75, 3.05) is 13.7 Å². The van der Waals surface area contributed by atoms with Gasteiger partial charge >= 0.3 is 0 Å². The largest absolute Gasteiger partial charge is 0.385 e. The second-order valence-corrected chi connectivity index (χ2v) is 3.38. The van der Waals surface area contributed by atoms with Gasteiger partial charge in [0.1, 0.15) is 0 Å². The number of aryl methyl sites for hydroxylation is 1. The van der Waals surface area contributed by atoms with Crippen molar-refractivity contribution in [3.8, 4) is 0 Å². The molecule has 1 heterocycles. The second kappa shape index (κ2) is 6.49. The number of hydrogen-bond acceptors (Lipinski definition) is 5. The standard InChI is InChI=1S/C9H19N5O/c1-3-5-14-9(7-11-13-14)8(12-10)4-6-15-2/h7-8,12H,3-6,10H2,1-2H3. The van der Waals surface area contributed by atoms with Gasteiger partial charge in [0.25, 0.3) is 0 Å². The number of nitrogens with zero attached hydrogens (tertiary/aromatic N) is 3. The van der Waals surface area contributed by atoms with Crippen LogP contribution in [0.3, 0.4) is 0 Å². The van der Waals surface area contributed by atoms with Crippen LogP contribution in [-0.4, -0.2) is 28.7 Å². The first-order valence-corrected chi connectivity index (χ1v) is 5.17. The molecule has 15 heavy (non-hydrogen) atoms. The van der Waals surface area contributed by atoms with E-state index in [4.69, 9.17) is 10.6 Å². The van der Waals surface area contributed by atoms with Crippen molar-refractivity contribution >= 4 is 0 Å². The average Bonchev–Trinajstić information content (AvgIpc) is 2.68. The molecular weight excluding hydrogens is 194 g/mol. The third kappa shape index (κ3) is 3.26. The summed E-state index contributed by atoms with van der Waals surface area (Å²) in [7, 11) is 1.68. The van der Waals surface area contributed by atoms with Crippen molar-refractivity contribution < 1.29 is 4.74 Å². The zero-order valence-corrected chi connectivity index (χ0v) is 9.31. The van der Waals surface area contributed by atoms with Crippen LogP contribution in [-0.2, 0) is 11.3 Å². The van der Waals surface area contributed by atoms with Crippen molar-refractivity contribution in [1.82, 2.24) is 20.4 Å². The summed E-state index contributed by atoms with van der Waals surface area (Å²) in [5, 5.41) is 7.91. The molecule has 0 amide bonds. The Morgan fingerprint density at radius 2 is 2.47 bits per heavy atom. The molecule has 86 valence electrons. The van der Waals surface area contributed by atoms with Gasteiger partial charge in [-0.05, 0) is 12.8 Å². The number of aromatic nitrogens is 3. The number of nitrogens with two attached hydrogens (primary N) is 1. The van der Waals surface area contributed by atoms with E-state index in [1.807, 2.05) is 4.68 Å². The highest BCUT2D eigenvalue weighted by molar-refractivity contribution is 5.01. The van der Waals surface area contributed by atoms with Crippen molar-refractivity contribution in [3.05, 3.63) is 11.9 Å². The normalized spacial score (nSPS) is 13.0. The van der Waals surface area contributed by atoms with Crippen molar-refractivity contribution in [2.24, 2.45) is 5.84 Å². The fraction of sp³-hybridized carbons (Fsp3) is 0.778. The van der Waals surface area contributed by atoms with Crippen LogP contribution in [0.25, 0.3) is 0 Å². The summed E-state index contributed by atoms with van der Waals surface area (Å²) in [5.41, 5.74) is 3.77. The summed E-state index contributed by atoms with van der Waals surface area (Å²) in [6.07, 6.45) is 3.58. The topological polar surface area (TPSA) is 78.0 Å². The summed E-state index contributed by atoms with van der Waals surface area (Å²) in [5.74, 6) is 5.50. The third-order valence-electron chi connectivity index (χ3n) is 2.25. The molecule has 0 aromatic carbocycles. The summed E-state index contributed by atoms with van der Waals surface area (Å²) in [4.78, 5) is 0. The van der Waals surface area contributed by atoms with E-state index in [1.54, 1.807) is 13.3 Å². The summed E-state index contributed by atoms with van der Waals surface area (Å²) >= 11 is 0. The lowest BCUT2D eigenvalue weighted by Gasteiger charge is -2.15. The van der Waals surface area contributed by atoms with Gasteiger partial charge in [-0.15, -0.1) is 5.10 Å². The predicted octanol–water partition coefficient (Wildman–Crippen LogP) is 0.229. The van der Waals surface area contributed by atoms with E-state index < -0.39 is 0 Å². The van der Waals surface area contributed by atoms with Gasteiger partial charge in [0.05, 0.1) is 17.9 Å². The highest BCUT2D eigenvalue weighted by Crippen LogP contribution is 2.14. The molecule has 0 spiro atoms. The van der Waals surface area contributed by atoms with Gasteiger partial charge in [-0.2, -0.15) is 0 Å². The Morgan fingerprint density at radius 1 is 1.67 bits per heavy atom. The molecule has 3 N–H and O–H groups in total. The number of hydrogen-bond donors (Lipinski definition) is 2. The highest BCUT2D eigenvalue weighted by Gasteiger charge is 2.14. The molecule has 0 aliphatic heterocycles. The second-order valence-electron chi connectivity index (χ2n) is 3.38. The first-order chi connectivity index (χ1) is 7.33. The van der Waals surface area contributed by atoms with Crippen LogP contribution < -0.4 is 11.3 Å². The number of methoxy groups -OCH3 is 1. The van der Waals surface area contributed by atoms with Gasteiger partial charge in [-0.25, -0.2) is 4.68 Å². The fourth-order valence-corrected chi connectivity index (χ4v) is 1.47. The molecule has 0 radical (unpaired) electrons. The zero-order chi connectivity index (χ0) is 11.1. The molecule has 1 unspecified atom stereocenters. The third-order valence-corrected chi connectivity index (χ3v) is 2.25. The monoisotopic (exact) mass is 213 g/mol. The molecule has 1 atom stereocenters. The van der Waals surface area contributed by atoms with Crippen molar-refractivity contribution in [3.63, 3.8) is 0 Å². The van der Waals surface area contributed by atoms with Gasteiger partial charge in [0.2, 0.25) is 0 Å². The summed E-state index contributed by atoms with van der Waals surface area (Å²) < 4.78 is 6.90. The van der Waals surface area contributed by atoms with Gasteiger partial charge in [0, 0.05) is 20.3 Å². The Bertz CT molecular complexity index is 275. The van der Waals surface area contributed by atoms with Crippen LogP contribution in [0.2, 0.25) is 0 Å². The average molecular weight is 213 g/mol. The zero-order valence-electron chi connectivity index (χ0n) is 9.31. The first-order valence-electron chi connectivity index (χ1n) is 5.17. The molecule has 0 saturated heterocycles. The number of rotatable bonds is 7. The molecule has 0 bridgehead atoms. The first kappa shape index (κ1) is 12.1. The van der Waals surface area contributed by atoms with E-state index in [9.17, 15) is 0 Å². The van der Waals surface area contributed by atoms with Crippen LogP contribution in [0.5, 0.6) is 0 Å². The van der Waals surface area contributed by atoms with Crippen LogP contribution in [0.4, 0.5) is 0 Å². The molecule has 6 heteroatoms. The molecule has 6 nitrogen and oxygen atoms in total. The molecule has 1 rings (SSSR count). The number of hydrazine groups is 1. The lowest BCUT2D eigenvalue weighted by molar-refractivity contribution is 0.181. The van der Waals surface area contributed by atoms with Gasteiger partial charge < -0.3 is 4.74 Å². The Kier molecular flexibility index (Phi) is 5.23. The van der Waals surface area contributed by atoms with E-state index >= 15 is 0 Å². The smallest absolute Gasteiger partial charge is 0.0770 e. The van der Waals surface area contributed by atoms with E-state index in [1.165, 1.54) is 0 Å². The quantitative estimate of drug-likeness (QED) is 0.501. The summed E-state index contributed by atoms with van der Waals surface area (Å²) in [6.45, 7) is 3.62. The fourth-order valence-electron chi connectivity index (χ4n) is 1.47. The Labute approximate surface area is 89.8 Å². The lowest BCUT2D eigenvalue weighted by atomic mass is 10.1.